The van der Waals surface area contributed by atoms with E-state index in [9.17, 15) is 14.0 Å². The number of hydrogen-bond acceptors (Lipinski definition) is 3. The summed E-state index contributed by atoms with van der Waals surface area (Å²) in [5.74, 6) is -2.12. The van der Waals surface area contributed by atoms with Gasteiger partial charge in [-0.05, 0) is 24.3 Å². The molecule has 1 aliphatic rings. The monoisotopic (exact) mass is 316 g/mol. The Kier molecular flexibility index (Phi) is 3.65. The van der Waals surface area contributed by atoms with E-state index >= 15 is 0 Å². The van der Waals surface area contributed by atoms with Gasteiger partial charge in [0.1, 0.15) is 16.5 Å². The number of rotatable bonds is 3. The van der Waals surface area contributed by atoms with Gasteiger partial charge in [0.05, 0.1) is 5.69 Å². The van der Waals surface area contributed by atoms with Crippen molar-refractivity contribution in [3.8, 4) is 0 Å². The standard InChI is InChI=1S/C16H10ClFN2O2/c17-13-14(19-10-6-2-1-3-7-10)16(22)20(15(13)21)12-9-5-4-8-11(12)18/h1-9,19H. The van der Waals surface area contributed by atoms with E-state index in [1.54, 1.807) is 24.3 Å². The fourth-order valence-electron chi connectivity index (χ4n) is 2.13. The summed E-state index contributed by atoms with van der Waals surface area (Å²) in [6.45, 7) is 0. The summed E-state index contributed by atoms with van der Waals surface area (Å²) in [4.78, 5) is 25.3. The summed E-state index contributed by atoms with van der Waals surface area (Å²) >= 11 is 5.95. The van der Waals surface area contributed by atoms with Crippen molar-refractivity contribution in [2.45, 2.75) is 0 Å². The van der Waals surface area contributed by atoms with Crippen LogP contribution in [0.1, 0.15) is 0 Å². The molecule has 0 aliphatic carbocycles. The molecule has 0 unspecified atom stereocenters. The van der Waals surface area contributed by atoms with Crippen molar-refractivity contribution in [2.75, 3.05) is 10.2 Å². The molecule has 1 aliphatic heterocycles. The fourth-order valence-corrected chi connectivity index (χ4v) is 2.34. The summed E-state index contributed by atoms with van der Waals surface area (Å²) in [6.07, 6.45) is 0. The van der Waals surface area contributed by atoms with Gasteiger partial charge in [-0.15, -0.1) is 0 Å². The summed E-state index contributed by atoms with van der Waals surface area (Å²) in [7, 11) is 0. The first-order valence-corrected chi connectivity index (χ1v) is 6.82. The SMILES string of the molecule is O=C1C(Cl)=C(Nc2ccccc2)C(=O)N1c1ccccc1F. The number of nitrogens with zero attached hydrogens (tertiary/aromatic N) is 1. The van der Waals surface area contributed by atoms with Crippen LogP contribution in [0.5, 0.6) is 0 Å². The molecule has 1 N–H and O–H groups in total. The Hall–Kier alpha value is -2.66. The Balaban J connectivity index is 1.96. The predicted molar refractivity (Wildman–Crippen MR) is 81.8 cm³/mol. The smallest absolute Gasteiger partial charge is 0.283 e. The number of carbonyl (C=O) groups is 2. The summed E-state index contributed by atoms with van der Waals surface area (Å²) in [5, 5.41) is 2.54. The second-order valence-electron chi connectivity index (χ2n) is 4.58. The molecule has 0 saturated heterocycles. The topological polar surface area (TPSA) is 49.4 Å². The Morgan fingerprint density at radius 1 is 0.909 bits per heavy atom. The van der Waals surface area contributed by atoms with Gasteiger partial charge in [-0.25, -0.2) is 9.29 Å². The third-order valence-corrected chi connectivity index (χ3v) is 3.51. The first-order chi connectivity index (χ1) is 10.6. The van der Waals surface area contributed by atoms with Gasteiger partial charge in [-0.1, -0.05) is 41.9 Å². The molecule has 0 spiro atoms. The molecule has 2 aromatic rings. The van der Waals surface area contributed by atoms with Crippen LogP contribution < -0.4 is 10.2 Å². The molecule has 0 fully saturated rings. The molecule has 0 atom stereocenters. The minimum absolute atomic E-state index is 0.0684. The Bertz CT molecular complexity index is 790. The quantitative estimate of drug-likeness (QED) is 0.884. The second kappa shape index (κ2) is 5.61. The van der Waals surface area contributed by atoms with E-state index in [4.69, 9.17) is 11.6 Å². The Morgan fingerprint density at radius 2 is 1.55 bits per heavy atom. The van der Waals surface area contributed by atoms with Gasteiger partial charge >= 0.3 is 0 Å². The van der Waals surface area contributed by atoms with Crippen molar-refractivity contribution in [1.29, 1.82) is 0 Å². The molecule has 110 valence electrons. The van der Waals surface area contributed by atoms with Gasteiger partial charge in [-0.3, -0.25) is 9.59 Å². The maximum atomic E-state index is 13.8. The van der Waals surface area contributed by atoms with E-state index in [0.29, 0.717) is 5.69 Å². The molecule has 2 aromatic carbocycles. The highest BCUT2D eigenvalue weighted by Gasteiger charge is 2.39. The van der Waals surface area contributed by atoms with Crippen LogP contribution in [0.4, 0.5) is 15.8 Å². The first kappa shape index (κ1) is 14.3. The van der Waals surface area contributed by atoms with Gasteiger partial charge in [0.15, 0.2) is 0 Å². The van der Waals surface area contributed by atoms with Crippen LogP contribution in [-0.2, 0) is 9.59 Å². The minimum Gasteiger partial charge on any atom is -0.350 e. The van der Waals surface area contributed by atoms with Crippen LogP contribution in [-0.4, -0.2) is 11.8 Å². The van der Waals surface area contributed by atoms with Crippen LogP contribution in [0.15, 0.2) is 65.3 Å². The molecule has 6 heteroatoms. The Labute approximate surface area is 130 Å². The normalized spacial score (nSPS) is 14.7. The zero-order chi connectivity index (χ0) is 15.7. The van der Waals surface area contributed by atoms with E-state index in [1.807, 2.05) is 6.07 Å². The third-order valence-electron chi connectivity index (χ3n) is 3.16. The number of para-hydroxylation sites is 2. The number of nitrogens with one attached hydrogen (secondary N) is 1. The lowest BCUT2D eigenvalue weighted by Crippen LogP contribution is -2.33. The van der Waals surface area contributed by atoms with Gasteiger partial charge in [0.2, 0.25) is 0 Å². The maximum absolute atomic E-state index is 13.8. The number of anilines is 2. The highest BCUT2D eigenvalue weighted by Crippen LogP contribution is 2.31. The highest BCUT2D eigenvalue weighted by molar-refractivity contribution is 6.53. The molecule has 1 heterocycles. The summed E-state index contributed by atoms with van der Waals surface area (Å²) in [6, 6.07) is 14.3. The lowest BCUT2D eigenvalue weighted by Gasteiger charge is -2.15. The number of benzene rings is 2. The van der Waals surface area contributed by atoms with Gasteiger partial charge in [-0.2, -0.15) is 0 Å². The van der Waals surface area contributed by atoms with Crippen LogP contribution in [0, 0.1) is 5.82 Å². The summed E-state index contributed by atoms with van der Waals surface area (Å²) < 4.78 is 13.8. The molecule has 0 saturated carbocycles. The highest BCUT2D eigenvalue weighted by atomic mass is 35.5. The van der Waals surface area contributed by atoms with Crippen molar-refractivity contribution in [3.05, 3.63) is 71.1 Å². The Morgan fingerprint density at radius 3 is 2.23 bits per heavy atom. The molecular formula is C16H10ClFN2O2. The van der Waals surface area contributed by atoms with Gasteiger partial charge in [0.25, 0.3) is 11.8 Å². The molecule has 3 rings (SSSR count). The third kappa shape index (κ3) is 2.35. The van der Waals surface area contributed by atoms with Crippen molar-refractivity contribution in [2.24, 2.45) is 0 Å². The first-order valence-electron chi connectivity index (χ1n) is 6.45. The average molecular weight is 317 g/mol. The zero-order valence-electron chi connectivity index (χ0n) is 11.2. The van der Waals surface area contributed by atoms with Crippen LogP contribution in [0.2, 0.25) is 0 Å². The zero-order valence-corrected chi connectivity index (χ0v) is 12.0. The predicted octanol–water partition coefficient (Wildman–Crippen LogP) is 3.26. The van der Waals surface area contributed by atoms with E-state index in [1.165, 1.54) is 24.3 Å². The molecule has 0 radical (unpaired) electrons. The number of hydrogen-bond donors (Lipinski definition) is 1. The molecule has 2 amide bonds. The number of imide groups is 1. The second-order valence-corrected chi connectivity index (χ2v) is 4.96. The van der Waals surface area contributed by atoms with E-state index < -0.39 is 17.6 Å². The van der Waals surface area contributed by atoms with E-state index in [2.05, 4.69) is 5.32 Å². The molecule has 22 heavy (non-hydrogen) atoms. The molecule has 4 nitrogen and oxygen atoms in total. The number of carbonyl (C=O) groups excluding carboxylic acids is 2. The number of amides is 2. The van der Waals surface area contributed by atoms with Crippen LogP contribution >= 0.6 is 11.6 Å². The molecule has 0 bridgehead atoms. The van der Waals surface area contributed by atoms with Crippen molar-refractivity contribution in [1.82, 2.24) is 0 Å². The number of halogens is 2. The van der Waals surface area contributed by atoms with Crippen LogP contribution in [0.25, 0.3) is 0 Å². The average Bonchev–Trinajstić information content (AvgIpc) is 2.73. The lowest BCUT2D eigenvalue weighted by atomic mass is 10.2. The van der Waals surface area contributed by atoms with E-state index in [0.717, 1.165) is 4.90 Å². The van der Waals surface area contributed by atoms with Crippen LogP contribution in [0.3, 0.4) is 0 Å². The maximum Gasteiger partial charge on any atom is 0.283 e. The molecule has 0 aromatic heterocycles. The van der Waals surface area contributed by atoms with Gasteiger partial charge in [0, 0.05) is 5.69 Å². The van der Waals surface area contributed by atoms with Crippen molar-refractivity contribution in [3.63, 3.8) is 0 Å². The van der Waals surface area contributed by atoms with E-state index in [-0.39, 0.29) is 16.4 Å². The minimum atomic E-state index is -0.754. The largest absolute Gasteiger partial charge is 0.350 e. The van der Waals surface area contributed by atoms with Crippen molar-refractivity contribution < 1.29 is 14.0 Å². The van der Waals surface area contributed by atoms with Crippen molar-refractivity contribution >= 4 is 34.8 Å². The van der Waals surface area contributed by atoms with Gasteiger partial charge < -0.3 is 5.32 Å². The summed E-state index contributed by atoms with van der Waals surface area (Å²) in [5.41, 5.74) is 0.411. The lowest BCUT2D eigenvalue weighted by molar-refractivity contribution is -0.120. The molecular weight excluding hydrogens is 307 g/mol. The fraction of sp³-hybridized carbons (Fsp3) is 0.